The smallest absolute Gasteiger partial charge is 0.123 e. The van der Waals surface area contributed by atoms with Crippen molar-refractivity contribution in [2.45, 2.75) is 19.6 Å². The molecule has 0 bridgehead atoms. The quantitative estimate of drug-likeness (QED) is 0.852. The lowest BCUT2D eigenvalue weighted by atomic mass is 10.3. The van der Waals surface area contributed by atoms with Crippen molar-refractivity contribution in [3.8, 4) is 5.75 Å². The molecule has 0 radical (unpaired) electrons. The highest BCUT2D eigenvalue weighted by atomic mass is 19.1. The highest BCUT2D eigenvalue weighted by molar-refractivity contribution is 5.22. The summed E-state index contributed by atoms with van der Waals surface area (Å²) in [6, 6.07) is 9.57. The van der Waals surface area contributed by atoms with E-state index in [1.165, 1.54) is 24.3 Å². The van der Waals surface area contributed by atoms with Crippen LogP contribution in [0.15, 0.2) is 40.8 Å². The van der Waals surface area contributed by atoms with Gasteiger partial charge in [-0.3, -0.25) is 4.90 Å². The molecule has 0 saturated carbocycles. The molecule has 21 heavy (non-hydrogen) atoms. The van der Waals surface area contributed by atoms with E-state index in [9.17, 15) is 9.50 Å². The van der Waals surface area contributed by atoms with Crippen molar-refractivity contribution in [1.29, 1.82) is 0 Å². The summed E-state index contributed by atoms with van der Waals surface area (Å²) >= 11 is 0. The fraction of sp³-hybridized carbons (Fsp3) is 0.375. The van der Waals surface area contributed by atoms with Gasteiger partial charge in [-0.25, -0.2) is 4.39 Å². The van der Waals surface area contributed by atoms with E-state index in [1.807, 2.05) is 31.0 Å². The first kappa shape index (κ1) is 15.5. The van der Waals surface area contributed by atoms with Gasteiger partial charge in [0.1, 0.15) is 35.8 Å². The van der Waals surface area contributed by atoms with Crippen LogP contribution in [0.4, 0.5) is 4.39 Å². The number of furan rings is 1. The topological polar surface area (TPSA) is 45.8 Å². The summed E-state index contributed by atoms with van der Waals surface area (Å²) in [5, 5.41) is 9.95. The van der Waals surface area contributed by atoms with Gasteiger partial charge in [0.2, 0.25) is 0 Å². The summed E-state index contributed by atoms with van der Waals surface area (Å²) in [5.41, 5.74) is 0. The van der Waals surface area contributed by atoms with Crippen LogP contribution in [0.3, 0.4) is 0 Å². The maximum atomic E-state index is 12.7. The van der Waals surface area contributed by atoms with Crippen molar-refractivity contribution >= 4 is 0 Å². The van der Waals surface area contributed by atoms with Crippen LogP contribution in [-0.2, 0) is 6.54 Å². The zero-order chi connectivity index (χ0) is 15.2. The number of benzene rings is 1. The largest absolute Gasteiger partial charge is 0.491 e. The van der Waals surface area contributed by atoms with E-state index >= 15 is 0 Å². The molecule has 1 aromatic heterocycles. The SMILES string of the molecule is Cc1ccc(CN(C)CC(O)COc2ccc(F)cc2)o1. The number of aliphatic hydroxyl groups excluding tert-OH is 1. The van der Waals surface area contributed by atoms with E-state index in [1.54, 1.807) is 0 Å². The number of aliphatic hydroxyl groups is 1. The molecule has 0 aliphatic heterocycles. The molecule has 1 atom stereocenters. The van der Waals surface area contributed by atoms with Crippen LogP contribution in [-0.4, -0.2) is 36.3 Å². The Morgan fingerprint density at radius 1 is 1.24 bits per heavy atom. The lowest BCUT2D eigenvalue weighted by Crippen LogP contribution is -2.32. The summed E-state index contributed by atoms with van der Waals surface area (Å²) in [6.45, 7) is 3.14. The average Bonchev–Trinajstić information content (AvgIpc) is 2.83. The van der Waals surface area contributed by atoms with E-state index < -0.39 is 6.10 Å². The van der Waals surface area contributed by atoms with Crippen LogP contribution in [0.1, 0.15) is 11.5 Å². The second-order valence-corrected chi connectivity index (χ2v) is 5.13. The minimum Gasteiger partial charge on any atom is -0.491 e. The standard InChI is InChI=1S/C16H20FNO3/c1-12-3-6-16(21-12)10-18(2)9-14(19)11-20-15-7-4-13(17)5-8-15/h3-8,14,19H,9-11H2,1-2H3. The summed E-state index contributed by atoms with van der Waals surface area (Å²) < 4.78 is 23.6. The van der Waals surface area contributed by atoms with Crippen LogP contribution >= 0.6 is 0 Å². The van der Waals surface area contributed by atoms with Gasteiger partial charge < -0.3 is 14.3 Å². The van der Waals surface area contributed by atoms with E-state index in [4.69, 9.17) is 9.15 Å². The second-order valence-electron chi connectivity index (χ2n) is 5.13. The molecule has 1 aromatic carbocycles. The molecular formula is C16H20FNO3. The van der Waals surface area contributed by atoms with Gasteiger partial charge in [0.15, 0.2) is 0 Å². The number of likely N-dealkylation sites (N-methyl/N-ethyl adjacent to an activating group) is 1. The number of halogens is 1. The van der Waals surface area contributed by atoms with Crippen molar-refractivity contribution in [2.24, 2.45) is 0 Å². The Kier molecular flexibility index (Phi) is 5.36. The summed E-state index contributed by atoms with van der Waals surface area (Å²) in [6.07, 6.45) is -0.629. The molecule has 0 saturated heterocycles. The molecule has 1 N–H and O–H groups in total. The van der Waals surface area contributed by atoms with E-state index in [0.29, 0.717) is 18.8 Å². The molecule has 5 heteroatoms. The lowest BCUT2D eigenvalue weighted by Gasteiger charge is -2.19. The highest BCUT2D eigenvalue weighted by Crippen LogP contribution is 2.12. The molecular weight excluding hydrogens is 273 g/mol. The summed E-state index contributed by atoms with van der Waals surface area (Å²) in [5.74, 6) is 1.97. The highest BCUT2D eigenvalue weighted by Gasteiger charge is 2.11. The number of rotatable bonds is 7. The number of ether oxygens (including phenoxy) is 1. The van der Waals surface area contributed by atoms with Crippen LogP contribution in [0.2, 0.25) is 0 Å². The van der Waals surface area contributed by atoms with Crippen LogP contribution in [0.5, 0.6) is 5.75 Å². The van der Waals surface area contributed by atoms with Gasteiger partial charge in [0.05, 0.1) is 6.54 Å². The van der Waals surface area contributed by atoms with Crippen LogP contribution in [0, 0.1) is 12.7 Å². The van der Waals surface area contributed by atoms with Gasteiger partial charge in [-0.1, -0.05) is 0 Å². The maximum absolute atomic E-state index is 12.7. The number of nitrogens with zero attached hydrogens (tertiary/aromatic N) is 1. The van der Waals surface area contributed by atoms with E-state index in [2.05, 4.69) is 0 Å². The van der Waals surface area contributed by atoms with Crippen molar-refractivity contribution in [3.63, 3.8) is 0 Å². The lowest BCUT2D eigenvalue weighted by molar-refractivity contribution is 0.0724. The van der Waals surface area contributed by atoms with Gasteiger partial charge >= 0.3 is 0 Å². The molecule has 1 unspecified atom stereocenters. The Morgan fingerprint density at radius 3 is 2.57 bits per heavy atom. The van der Waals surface area contributed by atoms with Crippen molar-refractivity contribution < 1.29 is 18.7 Å². The van der Waals surface area contributed by atoms with Gasteiger partial charge in [0.25, 0.3) is 0 Å². The molecule has 0 amide bonds. The number of aryl methyl sites for hydroxylation is 1. The van der Waals surface area contributed by atoms with Crippen molar-refractivity contribution in [3.05, 3.63) is 53.7 Å². The van der Waals surface area contributed by atoms with Gasteiger partial charge in [-0.15, -0.1) is 0 Å². The molecule has 4 nitrogen and oxygen atoms in total. The monoisotopic (exact) mass is 293 g/mol. The van der Waals surface area contributed by atoms with Crippen LogP contribution < -0.4 is 4.74 Å². The van der Waals surface area contributed by atoms with Crippen molar-refractivity contribution in [2.75, 3.05) is 20.2 Å². The third kappa shape index (κ3) is 5.21. The normalized spacial score (nSPS) is 12.6. The Balaban J connectivity index is 1.73. The van der Waals surface area contributed by atoms with Gasteiger partial charge in [-0.05, 0) is 50.4 Å². The third-order valence-electron chi connectivity index (χ3n) is 3.00. The molecule has 2 rings (SSSR count). The Bertz CT molecular complexity index is 553. The zero-order valence-electron chi connectivity index (χ0n) is 12.3. The molecule has 0 aliphatic carbocycles. The maximum Gasteiger partial charge on any atom is 0.123 e. The summed E-state index contributed by atoms with van der Waals surface area (Å²) in [7, 11) is 1.90. The minimum absolute atomic E-state index is 0.160. The minimum atomic E-state index is -0.629. The molecule has 0 aliphatic rings. The first-order valence-corrected chi connectivity index (χ1v) is 6.83. The van der Waals surface area contributed by atoms with Crippen molar-refractivity contribution in [1.82, 2.24) is 4.90 Å². The first-order valence-electron chi connectivity index (χ1n) is 6.83. The summed E-state index contributed by atoms with van der Waals surface area (Å²) in [4.78, 5) is 1.96. The van der Waals surface area contributed by atoms with Gasteiger partial charge in [-0.2, -0.15) is 0 Å². The number of hydrogen-bond donors (Lipinski definition) is 1. The molecule has 114 valence electrons. The Morgan fingerprint density at radius 2 is 1.95 bits per heavy atom. The Labute approximate surface area is 123 Å². The fourth-order valence-corrected chi connectivity index (χ4v) is 2.04. The first-order chi connectivity index (χ1) is 10.0. The fourth-order valence-electron chi connectivity index (χ4n) is 2.04. The van der Waals surface area contributed by atoms with Gasteiger partial charge in [0, 0.05) is 6.54 Å². The Hall–Kier alpha value is -1.85. The second kappa shape index (κ2) is 7.24. The molecule has 0 fully saturated rings. The third-order valence-corrected chi connectivity index (χ3v) is 3.00. The average molecular weight is 293 g/mol. The number of hydrogen-bond acceptors (Lipinski definition) is 4. The molecule has 1 heterocycles. The molecule has 0 spiro atoms. The predicted molar refractivity (Wildman–Crippen MR) is 77.7 cm³/mol. The predicted octanol–water partition coefficient (Wildman–Crippen LogP) is 2.60. The molecule has 2 aromatic rings. The van der Waals surface area contributed by atoms with E-state index in [0.717, 1.165) is 11.5 Å². The zero-order valence-corrected chi connectivity index (χ0v) is 12.3. The van der Waals surface area contributed by atoms with E-state index in [-0.39, 0.29) is 12.4 Å². The van der Waals surface area contributed by atoms with Crippen LogP contribution in [0.25, 0.3) is 0 Å².